The maximum Gasteiger partial charge on any atom is 0.273 e. The lowest BCUT2D eigenvalue weighted by atomic mass is 9.95. The number of nitrogens with zero attached hydrogens (tertiary/aromatic N) is 3. The van der Waals surface area contributed by atoms with Crippen molar-refractivity contribution >= 4 is 5.91 Å². The van der Waals surface area contributed by atoms with Gasteiger partial charge in [-0.3, -0.25) is 4.79 Å². The average molecular weight is 342 g/mol. The number of aromatic nitrogens is 2. The van der Waals surface area contributed by atoms with Gasteiger partial charge in [0.15, 0.2) is 5.69 Å². The van der Waals surface area contributed by atoms with Crippen LogP contribution in [0.1, 0.15) is 29.9 Å². The molecule has 2 rings (SSSR count). The minimum Gasteiger partial charge on any atom is -0.476 e. The van der Waals surface area contributed by atoms with Crippen LogP contribution in [0.25, 0.3) is 0 Å². The van der Waals surface area contributed by atoms with Gasteiger partial charge in [-0.05, 0) is 11.6 Å². The van der Waals surface area contributed by atoms with Gasteiger partial charge < -0.3 is 15.0 Å². The molecule has 0 radical (unpaired) electrons. The van der Waals surface area contributed by atoms with Crippen LogP contribution in [-0.2, 0) is 6.54 Å². The number of rotatable bonds is 8. The third-order valence-electron chi connectivity index (χ3n) is 3.65. The number of carbonyl (C=O) groups excluding carboxylic acids is 1. The van der Waals surface area contributed by atoms with Crippen molar-refractivity contribution in [3.05, 3.63) is 53.7 Å². The smallest absolute Gasteiger partial charge is 0.273 e. The fourth-order valence-electron chi connectivity index (χ4n) is 2.20. The number of amides is 1. The molecule has 0 saturated carbocycles. The molecule has 0 bridgehead atoms. The Morgan fingerprint density at radius 2 is 1.84 bits per heavy atom. The molecule has 0 fully saturated rings. The number of ether oxygens (including phenoxy) is 1. The molecule has 6 nitrogen and oxygen atoms in total. The first kappa shape index (κ1) is 18.9. The van der Waals surface area contributed by atoms with Gasteiger partial charge in [-0.1, -0.05) is 44.2 Å². The van der Waals surface area contributed by atoms with E-state index in [4.69, 9.17) is 4.74 Å². The van der Waals surface area contributed by atoms with Crippen LogP contribution < -0.4 is 10.1 Å². The zero-order valence-corrected chi connectivity index (χ0v) is 15.3. The maximum absolute atomic E-state index is 11.8. The molecule has 2 aromatic rings. The molecule has 0 saturated heterocycles. The summed E-state index contributed by atoms with van der Waals surface area (Å²) >= 11 is 0. The van der Waals surface area contributed by atoms with Crippen LogP contribution in [0.15, 0.2) is 42.5 Å². The van der Waals surface area contributed by atoms with Gasteiger partial charge in [-0.25, -0.2) is 0 Å². The van der Waals surface area contributed by atoms with Gasteiger partial charge in [0.1, 0.15) is 0 Å². The Balaban J connectivity index is 1.79. The van der Waals surface area contributed by atoms with E-state index in [1.807, 2.05) is 18.2 Å². The van der Waals surface area contributed by atoms with Crippen LogP contribution >= 0.6 is 0 Å². The van der Waals surface area contributed by atoms with E-state index in [1.54, 1.807) is 26.2 Å². The van der Waals surface area contributed by atoms with E-state index in [-0.39, 0.29) is 11.3 Å². The third-order valence-corrected chi connectivity index (χ3v) is 3.65. The first-order valence-electron chi connectivity index (χ1n) is 8.30. The summed E-state index contributed by atoms with van der Waals surface area (Å²) in [5.74, 6) is 0.246. The lowest BCUT2D eigenvalue weighted by molar-refractivity contribution is 0.0820. The summed E-state index contributed by atoms with van der Waals surface area (Å²) in [6, 6.07) is 13.6. The molecule has 0 unspecified atom stereocenters. The topological polar surface area (TPSA) is 67.3 Å². The van der Waals surface area contributed by atoms with E-state index in [9.17, 15) is 4.79 Å². The van der Waals surface area contributed by atoms with Crippen LogP contribution in [0.3, 0.4) is 0 Å². The highest BCUT2D eigenvalue weighted by atomic mass is 16.5. The van der Waals surface area contributed by atoms with Crippen molar-refractivity contribution in [3.8, 4) is 5.88 Å². The summed E-state index contributed by atoms with van der Waals surface area (Å²) < 4.78 is 5.73. The van der Waals surface area contributed by atoms with Crippen molar-refractivity contribution in [1.82, 2.24) is 20.4 Å². The molecule has 1 aromatic heterocycles. The Labute approximate surface area is 149 Å². The molecule has 0 aliphatic carbocycles. The molecule has 1 heterocycles. The zero-order valence-electron chi connectivity index (χ0n) is 15.3. The highest BCUT2D eigenvalue weighted by Crippen LogP contribution is 2.16. The molecule has 1 amide bonds. The van der Waals surface area contributed by atoms with E-state index in [0.717, 1.165) is 13.1 Å². The monoisotopic (exact) mass is 342 g/mol. The van der Waals surface area contributed by atoms with Crippen molar-refractivity contribution in [1.29, 1.82) is 0 Å². The Morgan fingerprint density at radius 1 is 1.12 bits per heavy atom. The fourth-order valence-corrected chi connectivity index (χ4v) is 2.20. The zero-order chi connectivity index (χ0) is 18.3. The molecule has 0 aliphatic heterocycles. The number of nitrogens with one attached hydrogen (secondary N) is 1. The van der Waals surface area contributed by atoms with Crippen LogP contribution in [0.2, 0.25) is 0 Å². The quantitative estimate of drug-likeness (QED) is 0.798. The Morgan fingerprint density at radius 3 is 2.44 bits per heavy atom. The van der Waals surface area contributed by atoms with Crippen LogP contribution in [0.5, 0.6) is 5.88 Å². The SMILES string of the molecule is CN(C)C(=O)c1ccc(OCC(C)(C)CNCc2ccccc2)nn1. The summed E-state index contributed by atoms with van der Waals surface area (Å²) in [6.45, 7) is 6.40. The van der Waals surface area contributed by atoms with E-state index >= 15 is 0 Å². The standard InChI is InChI=1S/C19H26N4O2/c1-19(2,13-20-12-15-8-6-5-7-9-15)14-25-17-11-10-16(21-22-17)18(24)23(3)4/h5-11,20H,12-14H2,1-4H3. The highest BCUT2D eigenvalue weighted by Gasteiger charge is 2.19. The molecule has 1 aromatic carbocycles. The predicted octanol–water partition coefficient (Wildman–Crippen LogP) is 2.37. The normalized spacial score (nSPS) is 11.2. The van der Waals surface area contributed by atoms with Crippen molar-refractivity contribution in [2.24, 2.45) is 5.41 Å². The van der Waals surface area contributed by atoms with Gasteiger partial charge >= 0.3 is 0 Å². The summed E-state index contributed by atoms with van der Waals surface area (Å²) in [5, 5.41) is 11.3. The largest absolute Gasteiger partial charge is 0.476 e. The lowest BCUT2D eigenvalue weighted by Crippen LogP contribution is -2.34. The Bertz CT molecular complexity index is 670. The van der Waals surface area contributed by atoms with Crippen molar-refractivity contribution in [2.75, 3.05) is 27.2 Å². The Kier molecular flexibility index (Phi) is 6.47. The Hall–Kier alpha value is -2.47. The predicted molar refractivity (Wildman–Crippen MR) is 97.5 cm³/mol. The first-order chi connectivity index (χ1) is 11.9. The van der Waals surface area contributed by atoms with Gasteiger partial charge in [0.25, 0.3) is 5.91 Å². The van der Waals surface area contributed by atoms with Gasteiger partial charge in [-0.2, -0.15) is 0 Å². The molecule has 0 atom stereocenters. The van der Waals surface area contributed by atoms with Gasteiger partial charge in [0.05, 0.1) is 6.61 Å². The molecule has 0 aliphatic rings. The molecular formula is C19H26N4O2. The van der Waals surface area contributed by atoms with Crippen LogP contribution in [0, 0.1) is 5.41 Å². The maximum atomic E-state index is 11.8. The summed E-state index contributed by atoms with van der Waals surface area (Å²) in [4.78, 5) is 13.2. The number of hydrogen-bond acceptors (Lipinski definition) is 5. The fraction of sp³-hybridized carbons (Fsp3) is 0.421. The second-order valence-corrected chi connectivity index (χ2v) is 7.00. The molecule has 134 valence electrons. The second kappa shape index (κ2) is 8.58. The number of carbonyl (C=O) groups is 1. The third kappa shape index (κ3) is 6.15. The molecule has 25 heavy (non-hydrogen) atoms. The number of hydrogen-bond donors (Lipinski definition) is 1. The number of benzene rings is 1. The van der Waals surface area contributed by atoms with E-state index in [2.05, 4.69) is 41.5 Å². The van der Waals surface area contributed by atoms with Gasteiger partial charge in [0, 0.05) is 38.7 Å². The van der Waals surface area contributed by atoms with E-state index in [1.165, 1.54) is 10.5 Å². The molecule has 1 N–H and O–H groups in total. The van der Waals surface area contributed by atoms with E-state index in [0.29, 0.717) is 18.2 Å². The summed E-state index contributed by atoms with van der Waals surface area (Å²) in [7, 11) is 3.36. The lowest BCUT2D eigenvalue weighted by Gasteiger charge is -2.24. The van der Waals surface area contributed by atoms with Crippen LogP contribution in [-0.4, -0.2) is 48.3 Å². The van der Waals surface area contributed by atoms with E-state index < -0.39 is 0 Å². The minimum absolute atomic E-state index is 0.0609. The molecule has 0 spiro atoms. The summed E-state index contributed by atoms with van der Waals surface area (Å²) in [6.07, 6.45) is 0. The van der Waals surface area contributed by atoms with Gasteiger partial charge in [0.2, 0.25) is 5.88 Å². The molecular weight excluding hydrogens is 316 g/mol. The van der Waals surface area contributed by atoms with Crippen molar-refractivity contribution in [2.45, 2.75) is 20.4 Å². The van der Waals surface area contributed by atoms with Crippen molar-refractivity contribution < 1.29 is 9.53 Å². The van der Waals surface area contributed by atoms with Crippen LogP contribution in [0.4, 0.5) is 0 Å². The summed E-state index contributed by atoms with van der Waals surface area (Å²) in [5.41, 5.74) is 1.50. The average Bonchev–Trinajstić information content (AvgIpc) is 2.60. The second-order valence-electron chi connectivity index (χ2n) is 7.00. The van der Waals surface area contributed by atoms with Crippen molar-refractivity contribution in [3.63, 3.8) is 0 Å². The minimum atomic E-state index is -0.176. The highest BCUT2D eigenvalue weighted by molar-refractivity contribution is 5.91. The van der Waals surface area contributed by atoms with Gasteiger partial charge in [-0.15, -0.1) is 10.2 Å². The molecule has 6 heteroatoms. The first-order valence-corrected chi connectivity index (χ1v) is 8.30.